The van der Waals surface area contributed by atoms with E-state index in [-0.39, 0.29) is 26.6 Å². The van der Waals surface area contributed by atoms with Gasteiger partial charge in [-0.25, -0.2) is 17.9 Å². The lowest BCUT2D eigenvalue weighted by Crippen LogP contribution is -2.54. The van der Waals surface area contributed by atoms with E-state index in [4.69, 9.17) is 21.1 Å². The summed E-state index contributed by atoms with van der Waals surface area (Å²) in [6, 6.07) is 5.51. The molecule has 5 rings (SSSR count). The average molecular weight is 698 g/mol. The lowest BCUT2D eigenvalue weighted by Gasteiger charge is -2.43. The summed E-state index contributed by atoms with van der Waals surface area (Å²) in [5.41, 5.74) is -1.20. The number of aliphatic hydroxyl groups is 2. The number of halogens is 8. The van der Waals surface area contributed by atoms with Crippen LogP contribution in [0.15, 0.2) is 53.4 Å². The molecule has 230 valence electrons. The Morgan fingerprint density at radius 1 is 1.14 bits per heavy atom. The van der Waals surface area contributed by atoms with Crippen molar-refractivity contribution in [2.24, 2.45) is 0 Å². The van der Waals surface area contributed by atoms with Crippen molar-refractivity contribution in [2.75, 3.05) is 13.2 Å². The minimum absolute atomic E-state index is 0.0567. The first-order chi connectivity index (χ1) is 20.4. The van der Waals surface area contributed by atoms with Gasteiger partial charge in [0.25, 0.3) is 6.43 Å². The summed E-state index contributed by atoms with van der Waals surface area (Å²) in [6.45, 7) is -1.97. The molecule has 1 fully saturated rings. The number of hydrogen-bond donors (Lipinski definition) is 2. The number of nitrogens with zero attached hydrogens (tertiary/aromatic N) is 6. The Hall–Kier alpha value is -3.09. The molecule has 4 aromatic rings. The van der Waals surface area contributed by atoms with Crippen molar-refractivity contribution in [1.29, 1.82) is 0 Å². The molecule has 3 heterocycles. The molecule has 43 heavy (non-hydrogen) atoms. The van der Waals surface area contributed by atoms with Crippen LogP contribution >= 0.6 is 27.5 Å². The van der Waals surface area contributed by atoms with E-state index in [1.165, 1.54) is 18.3 Å². The second-order valence-electron chi connectivity index (χ2n) is 9.38. The van der Waals surface area contributed by atoms with E-state index in [0.29, 0.717) is 0 Å². The maximum atomic E-state index is 14.2. The lowest BCUT2D eigenvalue weighted by atomic mass is 9.91. The second kappa shape index (κ2) is 12.5. The Balaban J connectivity index is 1.62. The standard InChI is InChI=1S/C25H20BrClF6N6O4/c26-14-4-1-11(5-15(14)28)16-7-39(37-35-16)20-21(41)18(8-40)43-23(22(20)42-9-19(29)30)24-36-34-10-38(24)17-6-12(27)2-3-13(17)25(31,32)33/h1-7,10,18-23,40-41H,8-9H2/t18-,20+,21+,22-,23-/m1/s1. The zero-order valence-electron chi connectivity index (χ0n) is 21.4. The highest BCUT2D eigenvalue weighted by Crippen LogP contribution is 2.42. The Kier molecular flexibility index (Phi) is 9.10. The van der Waals surface area contributed by atoms with Gasteiger partial charge < -0.3 is 19.7 Å². The Bertz CT molecular complexity index is 1590. The molecule has 0 saturated carbocycles. The van der Waals surface area contributed by atoms with Gasteiger partial charge >= 0.3 is 6.18 Å². The van der Waals surface area contributed by atoms with E-state index in [2.05, 4.69) is 36.4 Å². The van der Waals surface area contributed by atoms with Gasteiger partial charge in [0.1, 0.15) is 54.9 Å². The van der Waals surface area contributed by atoms with Gasteiger partial charge in [0, 0.05) is 10.6 Å². The molecule has 0 amide bonds. The van der Waals surface area contributed by atoms with Crippen LogP contribution in [0.25, 0.3) is 16.9 Å². The summed E-state index contributed by atoms with van der Waals surface area (Å²) in [7, 11) is 0. The minimum atomic E-state index is -4.84. The highest BCUT2D eigenvalue weighted by molar-refractivity contribution is 9.10. The summed E-state index contributed by atoms with van der Waals surface area (Å²) in [6.07, 6.45) is -11.8. The zero-order valence-corrected chi connectivity index (χ0v) is 23.8. The molecule has 0 spiro atoms. The second-order valence-corrected chi connectivity index (χ2v) is 10.7. The molecule has 1 aliphatic rings. The maximum absolute atomic E-state index is 14.2. The Morgan fingerprint density at radius 3 is 2.58 bits per heavy atom. The molecule has 2 aromatic heterocycles. The third-order valence-electron chi connectivity index (χ3n) is 6.67. The Morgan fingerprint density at radius 2 is 1.91 bits per heavy atom. The van der Waals surface area contributed by atoms with E-state index >= 15 is 0 Å². The third kappa shape index (κ3) is 6.41. The van der Waals surface area contributed by atoms with Crippen molar-refractivity contribution >= 4 is 27.5 Å². The fourth-order valence-corrected chi connectivity index (χ4v) is 5.17. The number of aromatic nitrogens is 6. The van der Waals surface area contributed by atoms with Crippen molar-refractivity contribution < 1.29 is 46.0 Å². The van der Waals surface area contributed by atoms with Crippen molar-refractivity contribution in [3.8, 4) is 16.9 Å². The molecule has 1 saturated heterocycles. The van der Waals surface area contributed by atoms with Crippen LogP contribution in [-0.2, 0) is 15.7 Å². The molecule has 0 aliphatic carbocycles. The third-order valence-corrected chi connectivity index (χ3v) is 7.54. The lowest BCUT2D eigenvalue weighted by molar-refractivity contribution is -0.229. The SMILES string of the molecule is OC[C@H]1O[C@@H](c2nncn2-c2cc(Cl)ccc2C(F)(F)F)[C@H](OCC(F)F)[C@@H](n2cc(-c3ccc(Br)c(F)c3)nn2)[C@H]1O. The smallest absolute Gasteiger partial charge is 0.394 e. The topological polar surface area (TPSA) is 120 Å². The van der Waals surface area contributed by atoms with Crippen molar-refractivity contribution in [1.82, 2.24) is 29.8 Å². The van der Waals surface area contributed by atoms with Gasteiger partial charge in [-0.15, -0.1) is 15.3 Å². The number of benzene rings is 2. The summed E-state index contributed by atoms with van der Waals surface area (Å²) in [5, 5.41) is 36.7. The molecular weight excluding hydrogens is 678 g/mol. The number of aliphatic hydroxyl groups excluding tert-OH is 2. The number of rotatable bonds is 8. The van der Waals surface area contributed by atoms with E-state index in [0.717, 1.165) is 39.8 Å². The molecule has 18 heteroatoms. The predicted octanol–water partition coefficient (Wildman–Crippen LogP) is 4.78. The van der Waals surface area contributed by atoms with Gasteiger partial charge in [-0.1, -0.05) is 22.9 Å². The van der Waals surface area contributed by atoms with Gasteiger partial charge in [0.2, 0.25) is 0 Å². The molecule has 2 aromatic carbocycles. The Labute approximate surface area is 251 Å². The van der Waals surface area contributed by atoms with E-state index < -0.39 is 73.3 Å². The van der Waals surface area contributed by atoms with Crippen molar-refractivity contribution in [3.05, 3.63) is 75.6 Å². The molecule has 0 bridgehead atoms. The molecular formula is C25H20BrClF6N6O4. The molecule has 10 nitrogen and oxygen atoms in total. The normalized spacial score (nSPS) is 22.8. The van der Waals surface area contributed by atoms with Gasteiger partial charge in [-0.3, -0.25) is 4.57 Å². The number of ether oxygens (including phenoxy) is 2. The predicted molar refractivity (Wildman–Crippen MR) is 140 cm³/mol. The quantitative estimate of drug-likeness (QED) is 0.253. The van der Waals surface area contributed by atoms with Gasteiger partial charge in [-0.05, 0) is 46.3 Å². The van der Waals surface area contributed by atoms with E-state index in [1.807, 2.05) is 0 Å². The highest BCUT2D eigenvalue weighted by Gasteiger charge is 2.50. The summed E-state index contributed by atoms with van der Waals surface area (Å²) >= 11 is 9.05. The minimum Gasteiger partial charge on any atom is -0.394 e. The van der Waals surface area contributed by atoms with Crippen LogP contribution in [0.4, 0.5) is 26.3 Å². The summed E-state index contributed by atoms with van der Waals surface area (Å²) < 4.78 is 96.1. The van der Waals surface area contributed by atoms with Crippen LogP contribution in [0, 0.1) is 5.82 Å². The fourth-order valence-electron chi connectivity index (χ4n) is 4.75. The molecule has 1 aliphatic heterocycles. The van der Waals surface area contributed by atoms with Crippen LogP contribution in [0.5, 0.6) is 0 Å². The van der Waals surface area contributed by atoms with E-state index in [1.54, 1.807) is 0 Å². The summed E-state index contributed by atoms with van der Waals surface area (Å²) in [4.78, 5) is 0. The first-order valence-electron chi connectivity index (χ1n) is 12.4. The van der Waals surface area contributed by atoms with Crippen molar-refractivity contribution in [3.63, 3.8) is 0 Å². The first kappa shape index (κ1) is 31.3. The number of alkyl halides is 5. The van der Waals surface area contributed by atoms with Gasteiger partial charge in [0.15, 0.2) is 5.82 Å². The first-order valence-corrected chi connectivity index (χ1v) is 13.5. The zero-order chi connectivity index (χ0) is 31.1. The highest BCUT2D eigenvalue weighted by atomic mass is 79.9. The van der Waals surface area contributed by atoms with Crippen LogP contribution < -0.4 is 0 Å². The summed E-state index contributed by atoms with van der Waals surface area (Å²) in [5.74, 6) is -0.937. The molecule has 0 unspecified atom stereocenters. The largest absolute Gasteiger partial charge is 0.418 e. The number of hydrogen-bond acceptors (Lipinski definition) is 8. The van der Waals surface area contributed by atoms with E-state index in [9.17, 15) is 36.6 Å². The van der Waals surface area contributed by atoms with Gasteiger partial charge in [0.05, 0.1) is 28.5 Å². The van der Waals surface area contributed by atoms with Crippen molar-refractivity contribution in [2.45, 2.75) is 43.1 Å². The van der Waals surface area contributed by atoms with Crippen LogP contribution in [0.3, 0.4) is 0 Å². The van der Waals surface area contributed by atoms with Crippen LogP contribution in [0.2, 0.25) is 5.02 Å². The molecule has 0 radical (unpaired) electrons. The van der Waals surface area contributed by atoms with Crippen LogP contribution in [0.1, 0.15) is 23.5 Å². The van der Waals surface area contributed by atoms with Gasteiger partial charge in [-0.2, -0.15) is 13.2 Å². The monoisotopic (exact) mass is 696 g/mol. The average Bonchev–Trinajstić information content (AvgIpc) is 3.63. The van der Waals surface area contributed by atoms with Crippen LogP contribution in [-0.4, -0.2) is 77.9 Å². The molecule has 5 atom stereocenters. The molecule has 2 N–H and O–H groups in total. The fraction of sp³-hybridized carbons (Fsp3) is 0.360. The maximum Gasteiger partial charge on any atom is 0.418 e.